The molecule has 25 heavy (non-hydrogen) atoms. The topological polar surface area (TPSA) is 49.8 Å². The molecule has 0 aliphatic rings. The van der Waals surface area contributed by atoms with Gasteiger partial charge >= 0.3 is 0 Å². The Morgan fingerprint density at radius 3 is 2.64 bits per heavy atom. The highest BCUT2D eigenvalue weighted by Gasteiger charge is 2.05. The lowest BCUT2D eigenvalue weighted by molar-refractivity contribution is 0.628. The first kappa shape index (κ1) is 17.2. The van der Waals surface area contributed by atoms with E-state index in [-0.39, 0.29) is 5.02 Å². The van der Waals surface area contributed by atoms with Gasteiger partial charge in [-0.05, 0) is 37.6 Å². The second-order valence-corrected chi connectivity index (χ2v) is 6.22. The second-order valence-electron chi connectivity index (χ2n) is 5.81. The van der Waals surface area contributed by atoms with Crippen molar-refractivity contribution in [2.45, 2.75) is 20.4 Å². The minimum absolute atomic E-state index is 0.0513. The lowest BCUT2D eigenvalue weighted by atomic mass is 10.1. The summed E-state index contributed by atoms with van der Waals surface area (Å²) in [5.74, 6) is 0.678. The van der Waals surface area contributed by atoms with Crippen LogP contribution in [-0.4, -0.2) is 9.97 Å². The largest absolute Gasteiger partial charge is 0.366 e. The summed E-state index contributed by atoms with van der Waals surface area (Å²) in [6.07, 6.45) is 0. The molecule has 0 atom stereocenters. The zero-order chi connectivity index (χ0) is 17.8. The summed E-state index contributed by atoms with van der Waals surface area (Å²) in [6, 6.07) is 14.6. The Labute approximate surface area is 151 Å². The van der Waals surface area contributed by atoms with Crippen LogP contribution in [0.4, 0.5) is 21.8 Å². The molecule has 1 heterocycles. The molecule has 0 fully saturated rings. The summed E-state index contributed by atoms with van der Waals surface area (Å²) in [7, 11) is 0. The predicted molar refractivity (Wildman–Crippen MR) is 100.0 cm³/mol. The van der Waals surface area contributed by atoms with Crippen LogP contribution in [0, 0.1) is 19.7 Å². The van der Waals surface area contributed by atoms with Gasteiger partial charge in [0.15, 0.2) is 0 Å². The summed E-state index contributed by atoms with van der Waals surface area (Å²) in [4.78, 5) is 8.80. The third kappa shape index (κ3) is 4.67. The first-order chi connectivity index (χ1) is 12.0. The number of hydrogen-bond donors (Lipinski definition) is 2. The van der Waals surface area contributed by atoms with Gasteiger partial charge in [0.05, 0.1) is 5.02 Å². The number of nitrogens with one attached hydrogen (secondary N) is 2. The van der Waals surface area contributed by atoms with E-state index in [9.17, 15) is 4.39 Å². The highest BCUT2D eigenvalue weighted by Crippen LogP contribution is 2.22. The second kappa shape index (κ2) is 7.49. The quantitative estimate of drug-likeness (QED) is 0.656. The van der Waals surface area contributed by atoms with Gasteiger partial charge in [-0.1, -0.05) is 41.4 Å². The van der Waals surface area contributed by atoms with Gasteiger partial charge in [-0.3, -0.25) is 0 Å². The van der Waals surface area contributed by atoms with Crippen LogP contribution < -0.4 is 10.6 Å². The van der Waals surface area contributed by atoms with Crippen molar-refractivity contribution in [3.05, 3.63) is 76.2 Å². The molecule has 0 amide bonds. The lowest BCUT2D eigenvalue weighted by Crippen LogP contribution is -2.05. The van der Waals surface area contributed by atoms with E-state index in [0.29, 0.717) is 24.0 Å². The number of anilines is 3. The average molecular weight is 357 g/mol. The van der Waals surface area contributed by atoms with Crippen molar-refractivity contribution in [2.75, 3.05) is 10.6 Å². The summed E-state index contributed by atoms with van der Waals surface area (Å²) in [6.45, 7) is 4.62. The molecule has 1 aromatic heterocycles. The van der Waals surface area contributed by atoms with Crippen molar-refractivity contribution in [1.29, 1.82) is 0 Å². The van der Waals surface area contributed by atoms with Crippen LogP contribution in [0.5, 0.6) is 0 Å². The number of aryl methyl sites for hydroxylation is 2. The van der Waals surface area contributed by atoms with E-state index in [0.717, 1.165) is 5.69 Å². The van der Waals surface area contributed by atoms with Crippen LogP contribution in [0.3, 0.4) is 0 Å². The third-order valence-electron chi connectivity index (χ3n) is 3.59. The predicted octanol–water partition coefficient (Wildman–Crippen LogP) is 5.24. The molecule has 6 heteroatoms. The molecule has 3 aromatic rings. The van der Waals surface area contributed by atoms with Crippen molar-refractivity contribution >= 4 is 29.1 Å². The fourth-order valence-electron chi connectivity index (χ4n) is 2.43. The van der Waals surface area contributed by atoms with Gasteiger partial charge in [0.25, 0.3) is 0 Å². The maximum absolute atomic E-state index is 13.3. The molecule has 4 nitrogen and oxygen atoms in total. The molecule has 0 saturated carbocycles. The van der Waals surface area contributed by atoms with E-state index >= 15 is 0 Å². The molecule has 0 aliphatic carbocycles. The molecule has 2 N–H and O–H groups in total. The monoisotopic (exact) mass is 356 g/mol. The third-order valence-corrected chi connectivity index (χ3v) is 3.88. The highest BCUT2D eigenvalue weighted by atomic mass is 35.5. The van der Waals surface area contributed by atoms with Gasteiger partial charge in [0.1, 0.15) is 11.6 Å². The molecule has 0 aliphatic heterocycles. The van der Waals surface area contributed by atoms with Gasteiger partial charge in [-0.2, -0.15) is 4.98 Å². The summed E-state index contributed by atoms with van der Waals surface area (Å²) in [5, 5.41) is 6.40. The Morgan fingerprint density at radius 2 is 1.88 bits per heavy atom. The Balaban J connectivity index is 1.74. The number of rotatable bonds is 5. The van der Waals surface area contributed by atoms with Crippen molar-refractivity contribution in [3.8, 4) is 0 Å². The van der Waals surface area contributed by atoms with E-state index in [1.165, 1.54) is 23.3 Å². The molecule has 0 saturated heterocycles. The van der Waals surface area contributed by atoms with Crippen molar-refractivity contribution in [1.82, 2.24) is 9.97 Å². The molecule has 0 bridgehead atoms. The first-order valence-corrected chi connectivity index (χ1v) is 8.24. The molecule has 128 valence electrons. The van der Waals surface area contributed by atoms with Gasteiger partial charge < -0.3 is 10.6 Å². The van der Waals surface area contributed by atoms with Crippen molar-refractivity contribution in [3.63, 3.8) is 0 Å². The van der Waals surface area contributed by atoms with Crippen molar-refractivity contribution < 1.29 is 4.39 Å². The molecule has 0 radical (unpaired) electrons. The number of hydrogen-bond acceptors (Lipinski definition) is 4. The number of aromatic nitrogens is 2. The van der Waals surface area contributed by atoms with E-state index in [1.54, 1.807) is 6.07 Å². The molecule has 3 rings (SSSR count). The molecular weight excluding hydrogens is 339 g/mol. The summed E-state index contributed by atoms with van der Waals surface area (Å²) < 4.78 is 13.3. The van der Waals surface area contributed by atoms with E-state index in [1.807, 2.05) is 19.1 Å². The Kier molecular flexibility index (Phi) is 5.14. The van der Waals surface area contributed by atoms with E-state index in [2.05, 4.69) is 45.7 Å². The van der Waals surface area contributed by atoms with Crippen LogP contribution in [0.2, 0.25) is 5.02 Å². The van der Waals surface area contributed by atoms with E-state index < -0.39 is 5.82 Å². The Morgan fingerprint density at radius 1 is 1.04 bits per heavy atom. The number of nitrogens with zero attached hydrogens (tertiary/aromatic N) is 2. The first-order valence-electron chi connectivity index (χ1n) is 7.87. The maximum atomic E-state index is 13.3. The normalized spacial score (nSPS) is 10.6. The van der Waals surface area contributed by atoms with Crippen LogP contribution in [0.25, 0.3) is 0 Å². The molecule has 0 unspecified atom stereocenters. The van der Waals surface area contributed by atoms with Gasteiger partial charge in [0, 0.05) is 24.0 Å². The van der Waals surface area contributed by atoms with Crippen LogP contribution in [-0.2, 0) is 6.54 Å². The average Bonchev–Trinajstić information content (AvgIpc) is 2.56. The zero-order valence-electron chi connectivity index (χ0n) is 14.0. The lowest BCUT2D eigenvalue weighted by Gasteiger charge is -2.11. The van der Waals surface area contributed by atoms with Gasteiger partial charge in [-0.25, -0.2) is 9.37 Å². The Bertz CT molecular complexity index is 898. The zero-order valence-corrected chi connectivity index (χ0v) is 14.7. The summed E-state index contributed by atoms with van der Waals surface area (Å²) >= 11 is 5.80. The minimum atomic E-state index is -0.460. The van der Waals surface area contributed by atoms with Crippen LogP contribution in [0.1, 0.15) is 16.8 Å². The standard InChI is InChI=1S/C19H18ClFN4/c1-12-4-3-5-14(8-12)11-22-18-9-13(2)23-19(25-18)24-15-6-7-17(21)16(20)10-15/h3-10H,11H2,1-2H3,(H2,22,23,24,25). The maximum Gasteiger partial charge on any atom is 0.229 e. The molecule has 2 aromatic carbocycles. The van der Waals surface area contributed by atoms with Crippen LogP contribution in [0.15, 0.2) is 48.5 Å². The van der Waals surface area contributed by atoms with Gasteiger partial charge in [0.2, 0.25) is 5.95 Å². The van der Waals surface area contributed by atoms with Crippen molar-refractivity contribution in [2.24, 2.45) is 0 Å². The Hall–Kier alpha value is -2.66. The number of halogens is 2. The van der Waals surface area contributed by atoms with Crippen LogP contribution >= 0.6 is 11.6 Å². The smallest absolute Gasteiger partial charge is 0.229 e. The summed E-state index contributed by atoms with van der Waals surface area (Å²) in [5.41, 5.74) is 3.84. The SMILES string of the molecule is Cc1cccc(CNc2cc(C)nc(Nc3ccc(F)c(Cl)c3)n2)c1. The van der Waals surface area contributed by atoms with E-state index in [4.69, 9.17) is 11.6 Å². The van der Waals surface area contributed by atoms with Gasteiger partial charge in [-0.15, -0.1) is 0 Å². The minimum Gasteiger partial charge on any atom is -0.366 e. The fourth-order valence-corrected chi connectivity index (χ4v) is 2.61. The number of benzene rings is 2. The molecular formula is C19H18ClFN4. The fraction of sp³-hybridized carbons (Fsp3) is 0.158. The highest BCUT2D eigenvalue weighted by molar-refractivity contribution is 6.31. The molecule has 0 spiro atoms.